The molecule has 1 N–H and O–H groups in total. The fraction of sp³-hybridized carbons (Fsp3) is 0.650. The number of hydrogen-bond acceptors (Lipinski definition) is 5. The van der Waals surface area contributed by atoms with Crippen molar-refractivity contribution < 1.29 is 17.9 Å². The number of likely N-dealkylation sites (tertiary alicyclic amines) is 1. The molecule has 2 saturated heterocycles. The van der Waals surface area contributed by atoms with Gasteiger partial charge in [0.25, 0.3) is 0 Å². The van der Waals surface area contributed by atoms with E-state index in [1.165, 1.54) is 4.31 Å². The van der Waals surface area contributed by atoms with Gasteiger partial charge in [-0.2, -0.15) is 4.31 Å². The zero-order valence-corrected chi connectivity index (χ0v) is 17.6. The summed E-state index contributed by atoms with van der Waals surface area (Å²) < 4.78 is 32.6. The lowest BCUT2D eigenvalue weighted by atomic mass is 9.96. The van der Waals surface area contributed by atoms with Gasteiger partial charge in [-0.15, -0.1) is 0 Å². The van der Waals surface area contributed by atoms with Crippen LogP contribution in [-0.2, 0) is 14.8 Å². The molecule has 3 rings (SSSR count). The Morgan fingerprint density at radius 2 is 1.68 bits per heavy atom. The third-order valence-corrected chi connectivity index (χ3v) is 7.58. The molecule has 2 aliphatic heterocycles. The largest absolute Gasteiger partial charge is 0.494 e. The second kappa shape index (κ2) is 9.24. The summed E-state index contributed by atoms with van der Waals surface area (Å²) in [6.45, 7) is 5.19. The van der Waals surface area contributed by atoms with E-state index in [4.69, 9.17) is 4.74 Å². The van der Waals surface area contributed by atoms with Gasteiger partial charge in [-0.1, -0.05) is 0 Å². The SMILES string of the molecule is CCOc1ccc(S(=O)(=O)N2CCC(C(=O)NC3CCN(C)CC3)CC2)cc1. The molecule has 0 aliphatic carbocycles. The molecule has 8 heteroatoms. The number of piperidine rings is 2. The monoisotopic (exact) mass is 409 g/mol. The number of hydrogen-bond donors (Lipinski definition) is 1. The molecule has 1 amide bonds. The lowest BCUT2D eigenvalue weighted by Crippen LogP contribution is -2.48. The number of rotatable bonds is 6. The molecule has 7 nitrogen and oxygen atoms in total. The third-order valence-electron chi connectivity index (χ3n) is 5.66. The van der Waals surface area contributed by atoms with Gasteiger partial charge >= 0.3 is 0 Å². The van der Waals surface area contributed by atoms with E-state index in [1.54, 1.807) is 24.3 Å². The quantitative estimate of drug-likeness (QED) is 0.774. The number of nitrogens with one attached hydrogen (secondary N) is 1. The van der Waals surface area contributed by atoms with Gasteiger partial charge < -0.3 is 15.0 Å². The van der Waals surface area contributed by atoms with Gasteiger partial charge in [-0.05, 0) is 77.0 Å². The summed E-state index contributed by atoms with van der Waals surface area (Å²) in [5, 5.41) is 3.17. The van der Waals surface area contributed by atoms with Crippen molar-refractivity contribution in [3.05, 3.63) is 24.3 Å². The molecule has 2 fully saturated rings. The molecule has 0 unspecified atom stereocenters. The molecule has 1 aromatic rings. The number of nitrogens with zero attached hydrogens (tertiary/aromatic N) is 2. The fourth-order valence-electron chi connectivity index (χ4n) is 3.85. The molecular weight excluding hydrogens is 378 g/mol. The summed E-state index contributed by atoms with van der Waals surface area (Å²) in [6, 6.07) is 6.77. The van der Waals surface area contributed by atoms with E-state index in [0.29, 0.717) is 38.3 Å². The number of sulfonamides is 1. The van der Waals surface area contributed by atoms with Gasteiger partial charge in [0.15, 0.2) is 0 Å². The minimum Gasteiger partial charge on any atom is -0.494 e. The number of ether oxygens (including phenoxy) is 1. The lowest BCUT2D eigenvalue weighted by Gasteiger charge is -2.33. The Bertz CT molecular complexity index is 750. The molecular formula is C20H31N3O4S. The highest BCUT2D eigenvalue weighted by Gasteiger charge is 2.33. The smallest absolute Gasteiger partial charge is 0.243 e. The van der Waals surface area contributed by atoms with Crippen LogP contribution in [0.3, 0.4) is 0 Å². The molecule has 1 aromatic carbocycles. The highest BCUT2D eigenvalue weighted by molar-refractivity contribution is 7.89. The first-order valence-electron chi connectivity index (χ1n) is 10.1. The predicted octanol–water partition coefficient (Wildman–Crippen LogP) is 1.70. The van der Waals surface area contributed by atoms with Crippen LogP contribution < -0.4 is 10.1 Å². The number of amides is 1. The number of carbonyl (C=O) groups is 1. The molecule has 2 aliphatic rings. The average molecular weight is 410 g/mol. The molecule has 0 radical (unpaired) electrons. The molecule has 0 atom stereocenters. The third kappa shape index (κ3) is 5.04. The maximum absolute atomic E-state index is 12.9. The normalized spacial score (nSPS) is 20.8. The summed E-state index contributed by atoms with van der Waals surface area (Å²) in [7, 11) is -1.44. The van der Waals surface area contributed by atoms with E-state index >= 15 is 0 Å². The van der Waals surface area contributed by atoms with E-state index in [9.17, 15) is 13.2 Å². The highest BCUT2D eigenvalue weighted by atomic mass is 32.2. The Hall–Kier alpha value is -1.64. The fourth-order valence-corrected chi connectivity index (χ4v) is 5.32. The molecule has 0 saturated carbocycles. The van der Waals surface area contributed by atoms with Gasteiger partial charge in [0.2, 0.25) is 15.9 Å². The second-order valence-electron chi connectivity index (χ2n) is 7.67. The Kier molecular flexibility index (Phi) is 6.95. The van der Waals surface area contributed by atoms with Crippen molar-refractivity contribution in [3.63, 3.8) is 0 Å². The minimum absolute atomic E-state index is 0.0765. The zero-order chi connectivity index (χ0) is 20.1. The first-order chi connectivity index (χ1) is 13.4. The van der Waals surface area contributed by atoms with Crippen molar-refractivity contribution in [2.75, 3.05) is 39.8 Å². The van der Waals surface area contributed by atoms with E-state index in [-0.39, 0.29) is 22.8 Å². The van der Waals surface area contributed by atoms with Crippen molar-refractivity contribution >= 4 is 15.9 Å². The Balaban J connectivity index is 1.53. The van der Waals surface area contributed by atoms with Crippen LogP contribution in [0.2, 0.25) is 0 Å². The van der Waals surface area contributed by atoms with Crippen LogP contribution in [0.1, 0.15) is 32.6 Å². The summed E-state index contributed by atoms with van der Waals surface area (Å²) in [6.07, 6.45) is 3.09. The summed E-state index contributed by atoms with van der Waals surface area (Å²) in [5.41, 5.74) is 0. The van der Waals surface area contributed by atoms with Crippen molar-refractivity contribution in [1.29, 1.82) is 0 Å². The predicted molar refractivity (Wildman–Crippen MR) is 108 cm³/mol. The van der Waals surface area contributed by atoms with Gasteiger partial charge in [0.05, 0.1) is 11.5 Å². The van der Waals surface area contributed by atoms with E-state index in [2.05, 4.69) is 17.3 Å². The van der Waals surface area contributed by atoms with Crippen molar-refractivity contribution in [2.24, 2.45) is 5.92 Å². The second-order valence-corrected chi connectivity index (χ2v) is 9.61. The summed E-state index contributed by atoms with van der Waals surface area (Å²) in [5.74, 6) is 0.629. The van der Waals surface area contributed by atoms with Crippen molar-refractivity contribution in [3.8, 4) is 5.75 Å². The van der Waals surface area contributed by atoms with E-state index in [0.717, 1.165) is 25.9 Å². The minimum atomic E-state index is -3.54. The zero-order valence-electron chi connectivity index (χ0n) is 16.8. The van der Waals surface area contributed by atoms with Crippen molar-refractivity contribution in [2.45, 2.75) is 43.5 Å². The maximum atomic E-state index is 12.9. The molecule has 2 heterocycles. The Labute approximate surface area is 168 Å². The van der Waals surface area contributed by atoms with Gasteiger partial charge in [0.1, 0.15) is 5.75 Å². The molecule has 0 bridgehead atoms. The summed E-state index contributed by atoms with van der Waals surface area (Å²) >= 11 is 0. The highest BCUT2D eigenvalue weighted by Crippen LogP contribution is 2.25. The standard InChI is InChI=1S/C20H31N3O4S/c1-3-27-18-4-6-19(7-5-18)28(25,26)23-14-8-16(9-15-23)20(24)21-17-10-12-22(2)13-11-17/h4-7,16-17H,3,8-15H2,1-2H3,(H,21,24). The molecule has 28 heavy (non-hydrogen) atoms. The number of carbonyl (C=O) groups excluding carboxylic acids is 1. The van der Waals surface area contributed by atoms with E-state index in [1.807, 2.05) is 6.92 Å². The van der Waals surface area contributed by atoms with Crippen LogP contribution >= 0.6 is 0 Å². The number of benzene rings is 1. The lowest BCUT2D eigenvalue weighted by molar-refractivity contribution is -0.127. The van der Waals surface area contributed by atoms with Crippen LogP contribution in [0.4, 0.5) is 0 Å². The van der Waals surface area contributed by atoms with Crippen molar-refractivity contribution in [1.82, 2.24) is 14.5 Å². The van der Waals surface area contributed by atoms with Gasteiger partial charge in [-0.3, -0.25) is 4.79 Å². The summed E-state index contributed by atoms with van der Waals surface area (Å²) in [4.78, 5) is 15.1. The maximum Gasteiger partial charge on any atom is 0.243 e. The first kappa shape index (κ1) is 21.1. The Morgan fingerprint density at radius 3 is 2.25 bits per heavy atom. The average Bonchev–Trinajstić information content (AvgIpc) is 2.70. The van der Waals surface area contributed by atoms with Crippen LogP contribution in [-0.4, -0.2) is 69.4 Å². The first-order valence-corrected chi connectivity index (χ1v) is 11.6. The van der Waals surface area contributed by atoms with Crippen LogP contribution in [0.5, 0.6) is 5.75 Å². The topological polar surface area (TPSA) is 79.0 Å². The van der Waals surface area contributed by atoms with Gasteiger partial charge in [0, 0.05) is 25.0 Å². The van der Waals surface area contributed by atoms with Crippen LogP contribution in [0.15, 0.2) is 29.2 Å². The van der Waals surface area contributed by atoms with Gasteiger partial charge in [-0.25, -0.2) is 8.42 Å². The molecule has 156 valence electrons. The Morgan fingerprint density at radius 1 is 1.07 bits per heavy atom. The van der Waals surface area contributed by atoms with E-state index < -0.39 is 10.0 Å². The van der Waals surface area contributed by atoms with Crippen LogP contribution in [0.25, 0.3) is 0 Å². The van der Waals surface area contributed by atoms with Crippen LogP contribution in [0, 0.1) is 5.92 Å². The molecule has 0 spiro atoms. The molecule has 0 aromatic heterocycles.